The van der Waals surface area contributed by atoms with Gasteiger partial charge in [0.15, 0.2) is 11.6 Å². The lowest BCUT2D eigenvalue weighted by atomic mass is 9.95. The van der Waals surface area contributed by atoms with Crippen LogP contribution in [0.1, 0.15) is 46.4 Å². The number of aromatic nitrogens is 4. The summed E-state index contributed by atoms with van der Waals surface area (Å²) >= 11 is 0. The lowest BCUT2D eigenvalue weighted by molar-refractivity contribution is 0.625. The summed E-state index contributed by atoms with van der Waals surface area (Å²) in [4.78, 5) is 26.0. The van der Waals surface area contributed by atoms with E-state index in [9.17, 15) is 0 Å². The molecule has 6 heterocycles. The van der Waals surface area contributed by atoms with Gasteiger partial charge in [0, 0.05) is 84.0 Å². The maximum absolute atomic E-state index is 5.39. The van der Waals surface area contributed by atoms with Crippen molar-refractivity contribution in [1.29, 1.82) is 0 Å². The van der Waals surface area contributed by atoms with Crippen LogP contribution in [0.5, 0.6) is 0 Å². The van der Waals surface area contributed by atoms with Crippen LogP contribution in [-0.4, -0.2) is 19.5 Å². The molecule has 0 saturated carbocycles. The van der Waals surface area contributed by atoms with Crippen molar-refractivity contribution in [2.75, 3.05) is 19.6 Å². The van der Waals surface area contributed by atoms with Gasteiger partial charge in [-0.15, -0.1) is 0 Å². The lowest BCUT2D eigenvalue weighted by Gasteiger charge is -2.29. The van der Waals surface area contributed by atoms with Gasteiger partial charge in [0.25, 0.3) is 0 Å². The summed E-state index contributed by atoms with van der Waals surface area (Å²) in [5.74, 6) is 1.87. The van der Waals surface area contributed by atoms with Gasteiger partial charge in [-0.05, 0) is 131 Å². The molecule has 2 aromatic heterocycles. The quantitative estimate of drug-likeness (QED) is 0.143. The first kappa shape index (κ1) is 49.1. The Morgan fingerprint density at radius 3 is 0.989 bits per heavy atom. The van der Waals surface area contributed by atoms with E-state index in [1.807, 2.05) is 36.4 Å². The molecule has 0 saturated heterocycles. The maximum atomic E-state index is 5.39. The van der Waals surface area contributed by atoms with Crippen LogP contribution >= 0.6 is 0 Å². The maximum Gasteiger partial charge on any atom is 0.234 e. The number of benzene rings is 12. The molecule has 4 aliphatic heterocycles. The molecular weight excluding hydrogens is 1060 g/mol. The number of nitrogens with zero attached hydrogens (tertiary/aromatic N) is 8. The fourth-order valence-corrected chi connectivity index (χ4v) is 14.7. The first-order chi connectivity index (χ1) is 43.2. The van der Waals surface area contributed by atoms with Crippen LogP contribution in [0.15, 0.2) is 303 Å². The molecule has 0 bridgehead atoms. The van der Waals surface area contributed by atoms with E-state index in [-0.39, 0.29) is 24.2 Å². The molecule has 4 aliphatic rings. The Balaban J connectivity index is 0.804. The monoisotopic (exact) mass is 1110 g/mol. The minimum Gasteiger partial charge on any atom is -0.331 e. The van der Waals surface area contributed by atoms with Gasteiger partial charge in [0.1, 0.15) is 0 Å². The predicted molar refractivity (Wildman–Crippen MR) is 354 cm³/mol. The molecule has 0 N–H and O–H groups in total. The fourth-order valence-electron chi connectivity index (χ4n) is 14.7. The van der Waals surface area contributed by atoms with Crippen molar-refractivity contribution in [2.45, 2.75) is 24.2 Å². The van der Waals surface area contributed by atoms with Crippen molar-refractivity contribution in [3.05, 3.63) is 326 Å². The van der Waals surface area contributed by atoms with Gasteiger partial charge in [-0.1, -0.05) is 194 Å². The van der Waals surface area contributed by atoms with Gasteiger partial charge in [-0.25, -0.2) is 4.98 Å². The van der Waals surface area contributed by atoms with E-state index in [0.29, 0.717) is 17.6 Å². The third-order valence-corrected chi connectivity index (χ3v) is 18.4. The Labute approximate surface area is 504 Å². The summed E-state index contributed by atoms with van der Waals surface area (Å²) < 4.78 is 2.43. The largest absolute Gasteiger partial charge is 0.331 e. The molecule has 87 heavy (non-hydrogen) atoms. The minimum absolute atomic E-state index is 0.0508. The highest BCUT2D eigenvalue weighted by molar-refractivity contribution is 6.12. The Bertz CT molecular complexity index is 4920. The van der Waals surface area contributed by atoms with Gasteiger partial charge in [-0.2, -0.15) is 9.97 Å². The van der Waals surface area contributed by atoms with Crippen molar-refractivity contribution in [2.24, 2.45) is 0 Å². The van der Waals surface area contributed by atoms with Crippen LogP contribution in [0, 0.1) is 0 Å². The first-order valence-electron chi connectivity index (χ1n) is 30.0. The SMILES string of the molecule is c1ccc(-c2nc(-c3ccccc3)nc(N3c4ccc(-c5ccc6c(c5)c5cc(-c7ccc8c(c7)C7C(c9ccccc9N7c7ccccc7)N8c7ccccc7)ccc5n6-c5ccccc5)cc4C4C3c3ccccc3N4c3ccccc3)n2)cc1. The molecule has 8 heteroatoms. The molecule has 14 aromatic rings. The Morgan fingerprint density at radius 2 is 0.552 bits per heavy atom. The predicted octanol–water partition coefficient (Wildman–Crippen LogP) is 19.8. The molecule has 0 fully saturated rings. The Kier molecular flexibility index (Phi) is 11.1. The van der Waals surface area contributed by atoms with Gasteiger partial charge in [0.2, 0.25) is 5.95 Å². The number of hydrogen-bond donors (Lipinski definition) is 0. The summed E-state index contributed by atoms with van der Waals surface area (Å²) in [6, 6.07) is 110. The van der Waals surface area contributed by atoms with Gasteiger partial charge in [0.05, 0.1) is 40.9 Å². The average molecular weight is 1120 g/mol. The van der Waals surface area contributed by atoms with Crippen molar-refractivity contribution >= 4 is 67.6 Å². The van der Waals surface area contributed by atoms with Crippen LogP contribution in [0.4, 0.5) is 45.8 Å². The van der Waals surface area contributed by atoms with Crippen LogP contribution in [-0.2, 0) is 0 Å². The van der Waals surface area contributed by atoms with E-state index in [1.165, 1.54) is 72.6 Å². The minimum atomic E-state index is -0.150. The summed E-state index contributed by atoms with van der Waals surface area (Å²) in [6.45, 7) is 0. The van der Waals surface area contributed by atoms with Crippen molar-refractivity contribution in [3.63, 3.8) is 0 Å². The molecule has 0 amide bonds. The molecular formula is C79H54N8. The second-order valence-electron chi connectivity index (χ2n) is 23.1. The number of anilines is 8. The number of hydrogen-bond acceptors (Lipinski definition) is 7. The fraction of sp³-hybridized carbons (Fsp3) is 0.0506. The van der Waals surface area contributed by atoms with Gasteiger partial charge >= 0.3 is 0 Å². The normalized spacial score (nSPS) is 16.9. The summed E-state index contributed by atoms with van der Waals surface area (Å²) in [6.07, 6.45) is 0. The molecule has 0 radical (unpaired) electrons. The highest BCUT2D eigenvalue weighted by Crippen LogP contribution is 2.64. The summed E-state index contributed by atoms with van der Waals surface area (Å²) in [5.41, 5.74) is 23.3. The zero-order valence-electron chi connectivity index (χ0n) is 47.3. The number of fused-ring (bicyclic) bond motifs is 13. The zero-order valence-corrected chi connectivity index (χ0v) is 47.3. The van der Waals surface area contributed by atoms with E-state index in [4.69, 9.17) is 15.0 Å². The summed E-state index contributed by atoms with van der Waals surface area (Å²) in [7, 11) is 0. The third kappa shape index (κ3) is 7.67. The zero-order chi connectivity index (χ0) is 57.1. The van der Waals surface area contributed by atoms with E-state index >= 15 is 0 Å². The topological polar surface area (TPSA) is 56.6 Å². The van der Waals surface area contributed by atoms with Crippen molar-refractivity contribution < 1.29 is 0 Å². The highest BCUT2D eigenvalue weighted by atomic mass is 15.4. The molecule has 410 valence electrons. The third-order valence-electron chi connectivity index (χ3n) is 18.4. The molecule has 12 aromatic carbocycles. The standard InChI is InChI=1S/C79H54N8/c1-7-23-51(24-8-1)77-80-78(52-25-9-2-10-26-52)82-79(81-77)87-72-46-42-56(50-66(72)76-74(87)62-36-20-22-38-68(62)85(76)59-31-15-5-16-32-59)54-40-44-70-64(48-54)63-47-53(39-43-69(63)83(70)57-27-11-3-12-28-57)55-41-45-71-65(49-55)75-73(86(71)60-33-17-6-18-34-60)61-35-19-21-37-67(61)84(75)58-29-13-4-14-30-58/h1-50,73-76H. The van der Waals surface area contributed by atoms with E-state index in [1.54, 1.807) is 0 Å². The van der Waals surface area contributed by atoms with Crippen LogP contribution < -0.4 is 19.6 Å². The second kappa shape index (κ2) is 19.6. The molecule has 8 nitrogen and oxygen atoms in total. The molecule has 4 atom stereocenters. The molecule has 0 aliphatic carbocycles. The molecule has 18 rings (SSSR count). The Morgan fingerprint density at radius 1 is 0.230 bits per heavy atom. The van der Waals surface area contributed by atoms with Crippen LogP contribution in [0.25, 0.3) is 72.5 Å². The van der Waals surface area contributed by atoms with Gasteiger partial charge < -0.3 is 24.2 Å². The lowest BCUT2D eigenvalue weighted by Crippen LogP contribution is -2.25. The summed E-state index contributed by atoms with van der Waals surface area (Å²) in [5, 5.41) is 2.39. The average Bonchev–Trinajstić information content (AvgIpc) is 1.69. The van der Waals surface area contributed by atoms with Gasteiger partial charge in [-0.3, -0.25) is 0 Å². The molecule has 0 spiro atoms. The number of para-hydroxylation sites is 6. The van der Waals surface area contributed by atoms with Crippen molar-refractivity contribution in [3.8, 4) is 50.7 Å². The van der Waals surface area contributed by atoms with Crippen LogP contribution in [0.2, 0.25) is 0 Å². The van der Waals surface area contributed by atoms with E-state index < -0.39 is 0 Å². The van der Waals surface area contributed by atoms with E-state index in [0.717, 1.165) is 50.3 Å². The van der Waals surface area contributed by atoms with E-state index in [2.05, 4.69) is 291 Å². The smallest absolute Gasteiger partial charge is 0.234 e. The highest BCUT2D eigenvalue weighted by Gasteiger charge is 2.52. The van der Waals surface area contributed by atoms with Crippen molar-refractivity contribution in [1.82, 2.24) is 19.5 Å². The van der Waals surface area contributed by atoms with Crippen LogP contribution in [0.3, 0.4) is 0 Å². The Hall–Kier alpha value is -11.4. The second-order valence-corrected chi connectivity index (χ2v) is 23.1. The first-order valence-corrected chi connectivity index (χ1v) is 30.0. The molecule has 4 unspecified atom stereocenters. The number of rotatable bonds is 9.